The predicted molar refractivity (Wildman–Crippen MR) is 53.4 cm³/mol. The quantitative estimate of drug-likeness (QED) is 0.564. The van der Waals surface area contributed by atoms with Gasteiger partial charge in [-0.1, -0.05) is 19.1 Å². The largest absolute Gasteiger partial charge is 0.300 e. The molecule has 72 valence electrons. The summed E-state index contributed by atoms with van der Waals surface area (Å²) in [7, 11) is 0. The van der Waals surface area contributed by atoms with Gasteiger partial charge in [-0.3, -0.25) is 4.79 Å². The van der Waals surface area contributed by atoms with E-state index in [1.54, 1.807) is 0 Å². The molecule has 2 bridgehead atoms. The molecule has 0 radical (unpaired) electrons. The molecule has 2 aliphatic carbocycles. The Kier molecular flexibility index (Phi) is 2.05. The van der Waals surface area contributed by atoms with Gasteiger partial charge in [0.2, 0.25) is 0 Å². The third-order valence-corrected chi connectivity index (χ3v) is 3.76. The van der Waals surface area contributed by atoms with Crippen LogP contribution in [-0.2, 0) is 4.79 Å². The molecule has 0 aromatic carbocycles. The van der Waals surface area contributed by atoms with E-state index in [1.807, 2.05) is 0 Å². The smallest absolute Gasteiger partial charge is 0.133 e. The fraction of sp³-hybridized carbons (Fsp3) is 0.750. The standard InChI is InChI=1S/C12H18O/c1-3-12-6-9(2)4-10(7-12)5-11(13)8-12/h10H,2-8H2,1H3. The lowest BCUT2D eigenvalue weighted by Crippen LogP contribution is -2.37. The molecule has 0 aromatic heterocycles. The molecule has 0 N–H and O–H groups in total. The molecule has 0 amide bonds. The van der Waals surface area contributed by atoms with Crippen molar-refractivity contribution in [3.05, 3.63) is 12.2 Å². The number of carbonyl (C=O) groups is 1. The maximum absolute atomic E-state index is 11.5. The first-order valence-corrected chi connectivity index (χ1v) is 5.32. The van der Waals surface area contributed by atoms with Gasteiger partial charge in [0.25, 0.3) is 0 Å². The molecular weight excluding hydrogens is 160 g/mol. The maximum atomic E-state index is 11.5. The van der Waals surface area contributed by atoms with Crippen molar-refractivity contribution in [3.63, 3.8) is 0 Å². The third kappa shape index (κ3) is 1.56. The van der Waals surface area contributed by atoms with E-state index in [4.69, 9.17) is 0 Å². The maximum Gasteiger partial charge on any atom is 0.133 e. The van der Waals surface area contributed by atoms with Crippen molar-refractivity contribution in [2.45, 2.75) is 45.4 Å². The summed E-state index contributed by atoms with van der Waals surface area (Å²) in [5.74, 6) is 1.12. The lowest BCUT2D eigenvalue weighted by molar-refractivity contribution is -0.126. The minimum Gasteiger partial charge on any atom is -0.300 e. The molecule has 2 saturated carbocycles. The monoisotopic (exact) mass is 178 g/mol. The van der Waals surface area contributed by atoms with Crippen molar-refractivity contribution in [2.24, 2.45) is 11.3 Å². The lowest BCUT2D eigenvalue weighted by atomic mass is 9.59. The van der Waals surface area contributed by atoms with Crippen LogP contribution in [0.4, 0.5) is 0 Å². The van der Waals surface area contributed by atoms with Crippen molar-refractivity contribution in [1.82, 2.24) is 0 Å². The van der Waals surface area contributed by atoms with E-state index < -0.39 is 0 Å². The molecule has 0 aliphatic heterocycles. The molecule has 1 heteroatoms. The highest BCUT2D eigenvalue weighted by Gasteiger charge is 2.42. The van der Waals surface area contributed by atoms with Crippen LogP contribution in [0.5, 0.6) is 0 Å². The first-order valence-electron chi connectivity index (χ1n) is 5.32. The van der Waals surface area contributed by atoms with E-state index in [0.717, 1.165) is 32.1 Å². The summed E-state index contributed by atoms with van der Waals surface area (Å²) < 4.78 is 0. The molecule has 1 nitrogen and oxygen atoms in total. The molecular formula is C12H18O. The van der Waals surface area contributed by atoms with Gasteiger partial charge in [-0.15, -0.1) is 0 Å². The molecule has 2 aliphatic rings. The molecule has 0 heterocycles. The van der Waals surface area contributed by atoms with Crippen LogP contribution in [0.2, 0.25) is 0 Å². The first kappa shape index (κ1) is 8.98. The molecule has 2 fully saturated rings. The average molecular weight is 178 g/mol. The summed E-state index contributed by atoms with van der Waals surface area (Å²) in [4.78, 5) is 11.5. The van der Waals surface area contributed by atoms with Crippen LogP contribution in [-0.4, -0.2) is 5.78 Å². The minimum atomic E-state index is 0.315. The zero-order chi connectivity index (χ0) is 9.47. The second kappa shape index (κ2) is 2.97. The van der Waals surface area contributed by atoms with E-state index >= 15 is 0 Å². The van der Waals surface area contributed by atoms with Gasteiger partial charge in [0.1, 0.15) is 5.78 Å². The van der Waals surface area contributed by atoms with Crippen LogP contribution in [0, 0.1) is 11.3 Å². The van der Waals surface area contributed by atoms with Crippen LogP contribution in [0.25, 0.3) is 0 Å². The highest BCUT2D eigenvalue weighted by atomic mass is 16.1. The van der Waals surface area contributed by atoms with Crippen molar-refractivity contribution in [3.8, 4) is 0 Å². The number of Topliss-reactive ketones (excluding diaryl/α,β-unsaturated/α-hetero) is 1. The molecule has 0 saturated heterocycles. The van der Waals surface area contributed by atoms with Gasteiger partial charge in [-0.25, -0.2) is 0 Å². The third-order valence-electron chi connectivity index (χ3n) is 3.76. The Bertz CT molecular complexity index is 232. The molecule has 0 spiro atoms. The lowest BCUT2D eigenvalue weighted by Gasteiger charge is -2.45. The molecule has 2 rings (SSSR count). The Morgan fingerprint density at radius 1 is 1.46 bits per heavy atom. The van der Waals surface area contributed by atoms with Crippen LogP contribution in [0.3, 0.4) is 0 Å². The van der Waals surface area contributed by atoms with Crippen LogP contribution < -0.4 is 0 Å². The molecule has 13 heavy (non-hydrogen) atoms. The van der Waals surface area contributed by atoms with Gasteiger partial charge >= 0.3 is 0 Å². The number of fused-ring (bicyclic) bond motifs is 2. The van der Waals surface area contributed by atoms with Crippen molar-refractivity contribution < 1.29 is 4.79 Å². The Morgan fingerprint density at radius 3 is 2.92 bits per heavy atom. The summed E-state index contributed by atoms with van der Waals surface area (Å²) in [5.41, 5.74) is 1.70. The summed E-state index contributed by atoms with van der Waals surface area (Å²) in [6.07, 6.45) is 6.27. The van der Waals surface area contributed by atoms with Gasteiger partial charge in [0.05, 0.1) is 0 Å². The second-order valence-corrected chi connectivity index (χ2v) is 4.97. The number of ketones is 1. The summed E-state index contributed by atoms with van der Waals surface area (Å²) >= 11 is 0. The Balaban J connectivity index is 2.23. The van der Waals surface area contributed by atoms with Gasteiger partial charge in [0.15, 0.2) is 0 Å². The topological polar surface area (TPSA) is 17.1 Å². The highest BCUT2D eigenvalue weighted by molar-refractivity contribution is 5.80. The van der Waals surface area contributed by atoms with Crippen molar-refractivity contribution in [1.29, 1.82) is 0 Å². The SMILES string of the molecule is C=C1CC2CC(=O)CC(CC)(C1)C2. The van der Waals surface area contributed by atoms with E-state index in [9.17, 15) is 4.79 Å². The summed E-state index contributed by atoms with van der Waals surface area (Å²) in [6, 6.07) is 0. The first-order chi connectivity index (χ1) is 6.13. The number of carbonyl (C=O) groups excluding carboxylic acids is 1. The van der Waals surface area contributed by atoms with E-state index in [1.165, 1.54) is 12.0 Å². The average Bonchev–Trinajstić information content (AvgIpc) is 2.01. The summed E-state index contributed by atoms with van der Waals surface area (Å²) in [5, 5.41) is 0. The Labute approximate surface area is 80.2 Å². The number of hydrogen-bond acceptors (Lipinski definition) is 1. The zero-order valence-electron chi connectivity index (χ0n) is 8.44. The van der Waals surface area contributed by atoms with Gasteiger partial charge < -0.3 is 0 Å². The Hall–Kier alpha value is -0.590. The summed E-state index contributed by atoms with van der Waals surface area (Å²) in [6.45, 7) is 6.32. The van der Waals surface area contributed by atoms with Crippen molar-refractivity contribution >= 4 is 5.78 Å². The second-order valence-electron chi connectivity index (χ2n) is 4.97. The number of allylic oxidation sites excluding steroid dienone is 1. The van der Waals surface area contributed by atoms with Gasteiger partial charge in [-0.2, -0.15) is 0 Å². The highest BCUT2D eigenvalue weighted by Crippen LogP contribution is 2.50. The number of rotatable bonds is 1. The fourth-order valence-electron chi connectivity index (χ4n) is 3.25. The van der Waals surface area contributed by atoms with Gasteiger partial charge in [-0.05, 0) is 37.0 Å². The van der Waals surface area contributed by atoms with Crippen molar-refractivity contribution in [2.75, 3.05) is 0 Å². The van der Waals surface area contributed by atoms with Crippen LogP contribution >= 0.6 is 0 Å². The molecule has 2 unspecified atom stereocenters. The predicted octanol–water partition coefficient (Wildman–Crippen LogP) is 3.10. The molecule has 0 aromatic rings. The minimum absolute atomic E-state index is 0.315. The van der Waals surface area contributed by atoms with Gasteiger partial charge in [0, 0.05) is 12.8 Å². The fourth-order valence-corrected chi connectivity index (χ4v) is 3.25. The zero-order valence-corrected chi connectivity index (χ0v) is 8.44. The normalized spacial score (nSPS) is 39.3. The van der Waals surface area contributed by atoms with E-state index in [-0.39, 0.29) is 0 Å². The van der Waals surface area contributed by atoms with E-state index in [2.05, 4.69) is 13.5 Å². The number of hydrogen-bond donors (Lipinski definition) is 0. The Morgan fingerprint density at radius 2 is 2.23 bits per heavy atom. The van der Waals surface area contributed by atoms with Crippen LogP contribution in [0.1, 0.15) is 45.4 Å². The van der Waals surface area contributed by atoms with E-state index in [0.29, 0.717) is 17.1 Å². The van der Waals surface area contributed by atoms with Crippen LogP contribution in [0.15, 0.2) is 12.2 Å². The molecule has 2 atom stereocenters.